The lowest BCUT2D eigenvalue weighted by atomic mass is 10.2. The number of hydrogen-bond acceptors (Lipinski definition) is 8. The molecule has 0 unspecified atom stereocenters. The monoisotopic (exact) mass is 466 g/mol. The fraction of sp³-hybridized carbons (Fsp3) is 0.300. The summed E-state index contributed by atoms with van der Waals surface area (Å²) in [6, 6.07) is 11.6. The van der Waals surface area contributed by atoms with Gasteiger partial charge in [-0.15, -0.1) is 0 Å². The summed E-state index contributed by atoms with van der Waals surface area (Å²) in [4.78, 5) is 18.9. The smallest absolute Gasteiger partial charge is 0.307 e. The third kappa shape index (κ3) is 4.38. The minimum Gasteiger partial charge on any atom is -0.494 e. The van der Waals surface area contributed by atoms with E-state index >= 15 is 0 Å². The number of esters is 1. The molecule has 158 valence electrons. The Morgan fingerprint density at radius 2 is 1.97 bits per heavy atom. The second-order valence-electron chi connectivity index (χ2n) is 6.84. The Bertz CT molecular complexity index is 1170. The number of para-hydroxylation sites is 1. The lowest BCUT2D eigenvalue weighted by Crippen LogP contribution is -2.53. The van der Waals surface area contributed by atoms with Gasteiger partial charge in [-0.2, -0.15) is 0 Å². The van der Waals surface area contributed by atoms with E-state index in [1.165, 1.54) is 24.3 Å². The molecule has 2 aromatic carbocycles. The molecule has 0 atom stereocenters. The summed E-state index contributed by atoms with van der Waals surface area (Å²) < 4.78 is 36.4. The number of rotatable bonds is 7. The van der Waals surface area contributed by atoms with Crippen LogP contribution in [0.5, 0.6) is 5.75 Å². The van der Waals surface area contributed by atoms with Crippen LogP contribution in [-0.2, 0) is 19.4 Å². The average molecular weight is 467 g/mol. The van der Waals surface area contributed by atoms with Crippen LogP contribution in [-0.4, -0.2) is 51.4 Å². The minimum atomic E-state index is -3.56. The van der Waals surface area contributed by atoms with Gasteiger partial charge in [0.2, 0.25) is 0 Å². The number of carbonyl (C=O) groups excluding carboxylic acids is 1. The van der Waals surface area contributed by atoms with Crippen molar-refractivity contribution in [1.82, 2.24) is 4.98 Å². The molecule has 0 radical (unpaired) electrons. The number of sulfone groups is 1. The average Bonchev–Trinajstić information content (AvgIpc) is 3.13. The number of hydrogen-bond donors (Lipinski definition) is 0. The van der Waals surface area contributed by atoms with Crippen molar-refractivity contribution in [1.29, 1.82) is 0 Å². The molecule has 10 heteroatoms. The molecule has 1 saturated heterocycles. The number of benzene rings is 2. The first-order chi connectivity index (χ1) is 14.4. The van der Waals surface area contributed by atoms with E-state index < -0.39 is 15.8 Å². The molecule has 0 spiro atoms. The van der Waals surface area contributed by atoms with Gasteiger partial charge in [0.05, 0.1) is 42.0 Å². The molecule has 7 nitrogen and oxygen atoms in total. The first-order valence-corrected chi connectivity index (χ1v) is 12.1. The Labute approximate surface area is 183 Å². The molecule has 0 aliphatic carbocycles. The summed E-state index contributed by atoms with van der Waals surface area (Å²) in [6.45, 7) is 1.05. The maximum atomic E-state index is 12.3. The highest BCUT2D eigenvalue weighted by molar-refractivity contribution is 7.91. The molecular formula is C20H19ClN2O5S2. The number of anilines is 1. The van der Waals surface area contributed by atoms with Crippen LogP contribution < -0.4 is 9.64 Å². The van der Waals surface area contributed by atoms with Gasteiger partial charge in [-0.25, -0.2) is 13.4 Å². The van der Waals surface area contributed by atoms with E-state index in [0.717, 1.165) is 21.1 Å². The van der Waals surface area contributed by atoms with Crippen LogP contribution >= 0.6 is 22.9 Å². The molecule has 0 saturated carbocycles. The lowest BCUT2D eigenvalue weighted by molar-refractivity contribution is -0.149. The van der Waals surface area contributed by atoms with Crippen LogP contribution in [0.15, 0.2) is 47.4 Å². The Morgan fingerprint density at radius 1 is 1.23 bits per heavy atom. The number of methoxy groups -OCH3 is 1. The van der Waals surface area contributed by atoms with Crippen molar-refractivity contribution < 1.29 is 22.7 Å². The topological polar surface area (TPSA) is 85.8 Å². The first-order valence-electron chi connectivity index (χ1n) is 9.22. The molecule has 1 fully saturated rings. The predicted octanol–water partition coefficient (Wildman–Crippen LogP) is 3.55. The molecule has 0 bridgehead atoms. The van der Waals surface area contributed by atoms with Gasteiger partial charge >= 0.3 is 5.97 Å². The van der Waals surface area contributed by atoms with Gasteiger partial charge in [0.15, 0.2) is 15.0 Å². The van der Waals surface area contributed by atoms with E-state index in [1.807, 2.05) is 23.1 Å². The van der Waals surface area contributed by atoms with Gasteiger partial charge in [0.1, 0.15) is 17.4 Å². The second kappa shape index (κ2) is 8.41. The fourth-order valence-corrected chi connectivity index (χ4v) is 5.45. The van der Waals surface area contributed by atoms with Gasteiger partial charge in [-0.1, -0.05) is 29.0 Å². The van der Waals surface area contributed by atoms with Gasteiger partial charge in [-0.05, 0) is 36.4 Å². The molecule has 1 aliphatic heterocycles. The molecular weight excluding hydrogens is 448 g/mol. The molecule has 1 aromatic heterocycles. The zero-order chi connectivity index (χ0) is 21.3. The van der Waals surface area contributed by atoms with Gasteiger partial charge in [0, 0.05) is 5.02 Å². The zero-order valence-corrected chi connectivity index (χ0v) is 18.5. The summed E-state index contributed by atoms with van der Waals surface area (Å²) in [7, 11) is -1.95. The van der Waals surface area contributed by atoms with Crippen molar-refractivity contribution in [3.05, 3.63) is 47.5 Å². The molecule has 0 N–H and O–H groups in total. The quantitative estimate of drug-likeness (QED) is 0.492. The molecule has 30 heavy (non-hydrogen) atoms. The highest BCUT2D eigenvalue weighted by Gasteiger charge is 2.32. The number of aromatic nitrogens is 1. The standard InChI is InChI=1S/C20H19ClN2O5S2/c1-27-16-3-2-4-17-19(16)22-20(29-17)23-11-14(12-23)28-18(24)9-10-30(25,26)15-7-5-13(21)6-8-15/h2-8,14H,9-12H2,1H3. The summed E-state index contributed by atoms with van der Waals surface area (Å²) in [5.74, 6) is -0.106. The molecule has 1 aliphatic rings. The Balaban J connectivity index is 1.29. The van der Waals surface area contributed by atoms with Gasteiger partial charge < -0.3 is 14.4 Å². The molecule has 3 aromatic rings. The number of halogens is 1. The van der Waals surface area contributed by atoms with Gasteiger partial charge in [-0.3, -0.25) is 4.79 Å². The largest absolute Gasteiger partial charge is 0.494 e. The van der Waals surface area contributed by atoms with Crippen molar-refractivity contribution in [3.8, 4) is 5.75 Å². The van der Waals surface area contributed by atoms with Crippen LogP contribution in [0.25, 0.3) is 10.2 Å². The summed E-state index contributed by atoms with van der Waals surface area (Å²) in [5, 5.41) is 1.29. The van der Waals surface area contributed by atoms with E-state index in [1.54, 1.807) is 18.4 Å². The summed E-state index contributed by atoms with van der Waals surface area (Å²) in [6.07, 6.45) is -0.468. The van der Waals surface area contributed by atoms with Crippen LogP contribution in [0, 0.1) is 0 Å². The normalized spacial score (nSPS) is 14.5. The van der Waals surface area contributed by atoms with Gasteiger partial charge in [0.25, 0.3) is 0 Å². The van der Waals surface area contributed by atoms with E-state index in [-0.39, 0.29) is 23.2 Å². The highest BCUT2D eigenvalue weighted by atomic mass is 35.5. The minimum absolute atomic E-state index is 0.140. The molecule has 2 heterocycles. The Morgan fingerprint density at radius 3 is 2.67 bits per heavy atom. The van der Waals surface area contributed by atoms with Crippen molar-refractivity contribution >= 4 is 54.1 Å². The third-order valence-corrected chi connectivity index (χ3v) is 7.82. The SMILES string of the molecule is COc1cccc2sc(N3CC(OC(=O)CCS(=O)(=O)c4ccc(Cl)cc4)C3)nc12. The number of fused-ring (bicyclic) bond motifs is 1. The third-order valence-electron chi connectivity index (χ3n) is 4.75. The Hall–Kier alpha value is -2.36. The van der Waals surface area contributed by atoms with Crippen LogP contribution in [0.3, 0.4) is 0 Å². The van der Waals surface area contributed by atoms with Crippen molar-refractivity contribution in [2.45, 2.75) is 17.4 Å². The van der Waals surface area contributed by atoms with E-state index in [4.69, 9.17) is 21.1 Å². The number of nitrogens with zero attached hydrogens (tertiary/aromatic N) is 2. The van der Waals surface area contributed by atoms with Crippen molar-refractivity contribution in [2.75, 3.05) is 30.9 Å². The second-order valence-corrected chi connectivity index (χ2v) is 10.4. The van der Waals surface area contributed by atoms with E-state index in [0.29, 0.717) is 18.1 Å². The Kier molecular flexibility index (Phi) is 5.86. The maximum Gasteiger partial charge on any atom is 0.307 e. The van der Waals surface area contributed by atoms with E-state index in [9.17, 15) is 13.2 Å². The predicted molar refractivity (Wildman–Crippen MR) is 116 cm³/mol. The molecule has 0 amide bonds. The summed E-state index contributed by atoms with van der Waals surface area (Å²) >= 11 is 7.33. The summed E-state index contributed by atoms with van der Waals surface area (Å²) in [5.41, 5.74) is 0.813. The number of ether oxygens (including phenoxy) is 2. The van der Waals surface area contributed by atoms with Crippen molar-refractivity contribution in [3.63, 3.8) is 0 Å². The zero-order valence-electron chi connectivity index (χ0n) is 16.1. The molecule has 4 rings (SSSR count). The number of thiazole rings is 1. The number of carbonyl (C=O) groups is 1. The lowest BCUT2D eigenvalue weighted by Gasteiger charge is -2.38. The van der Waals surface area contributed by atoms with Crippen LogP contribution in [0.2, 0.25) is 5.02 Å². The first kappa shape index (κ1) is 20.9. The maximum absolute atomic E-state index is 12.3. The van der Waals surface area contributed by atoms with Crippen LogP contribution in [0.4, 0.5) is 5.13 Å². The van der Waals surface area contributed by atoms with E-state index in [2.05, 4.69) is 4.98 Å². The highest BCUT2D eigenvalue weighted by Crippen LogP contribution is 2.36. The van der Waals surface area contributed by atoms with Crippen LogP contribution in [0.1, 0.15) is 6.42 Å². The van der Waals surface area contributed by atoms with Crippen molar-refractivity contribution in [2.24, 2.45) is 0 Å². The fourth-order valence-electron chi connectivity index (χ4n) is 3.10.